The molecule has 1 aliphatic rings. The lowest BCUT2D eigenvalue weighted by Gasteiger charge is -2.18. The number of fused-ring (bicyclic) bond motifs is 1. The van der Waals surface area contributed by atoms with Crippen LogP contribution >= 0.6 is 11.8 Å². The Labute approximate surface area is 152 Å². The first-order chi connectivity index (χ1) is 12.5. The molecule has 1 atom stereocenters. The molecule has 2 aromatic carbocycles. The highest BCUT2D eigenvalue weighted by Gasteiger charge is 2.39. The van der Waals surface area contributed by atoms with E-state index in [0.717, 1.165) is 28.6 Å². The molecule has 1 unspecified atom stereocenters. The number of thioether (sulfide) groups is 1. The monoisotopic (exact) mass is 372 g/mol. The lowest BCUT2D eigenvalue weighted by Crippen LogP contribution is -2.23. The van der Waals surface area contributed by atoms with E-state index in [-0.39, 0.29) is 22.5 Å². The van der Waals surface area contributed by atoms with Crippen molar-refractivity contribution < 1.29 is 18.4 Å². The number of carbonyl (C=O) groups excluding carboxylic acids is 2. The number of amides is 1. The van der Waals surface area contributed by atoms with Gasteiger partial charge in [0, 0.05) is 41.5 Å². The number of rotatable bonds is 3. The smallest absolute Gasteiger partial charge is 0.289 e. The van der Waals surface area contributed by atoms with Gasteiger partial charge in [0.2, 0.25) is 5.12 Å². The molecule has 0 bridgehead atoms. The Balaban J connectivity index is 1.77. The third-order valence-corrected chi connectivity index (χ3v) is 5.46. The fourth-order valence-corrected chi connectivity index (χ4v) is 4.10. The topological polar surface area (TPSA) is 42.3 Å². The molecule has 2 heterocycles. The second-order valence-electron chi connectivity index (χ2n) is 6.16. The summed E-state index contributed by atoms with van der Waals surface area (Å²) in [6, 6.07) is 10.0. The van der Waals surface area contributed by atoms with Gasteiger partial charge in [-0.05, 0) is 35.9 Å². The van der Waals surface area contributed by atoms with Gasteiger partial charge >= 0.3 is 0 Å². The molecule has 3 aromatic rings. The van der Waals surface area contributed by atoms with Crippen LogP contribution in [0.1, 0.15) is 17.2 Å². The standard InChI is InChI=1S/C19H14F2N2O2S/c1-22-17(18(24)26-19(22)25)14-3-2-4-16-13(14)7-8-23(16)10-11-9-12(20)5-6-15(11)21/h2-9,17H,10H2,1H3. The zero-order valence-electron chi connectivity index (χ0n) is 13.8. The number of halogens is 2. The molecule has 1 aliphatic heterocycles. The van der Waals surface area contributed by atoms with Crippen LogP contribution in [0, 0.1) is 11.6 Å². The van der Waals surface area contributed by atoms with E-state index in [1.807, 2.05) is 18.2 Å². The van der Waals surface area contributed by atoms with E-state index < -0.39 is 17.7 Å². The molecule has 0 N–H and O–H groups in total. The van der Waals surface area contributed by atoms with Crippen molar-refractivity contribution >= 4 is 33.0 Å². The van der Waals surface area contributed by atoms with Crippen molar-refractivity contribution in [1.29, 1.82) is 0 Å². The van der Waals surface area contributed by atoms with Crippen LogP contribution in [0.4, 0.5) is 13.6 Å². The van der Waals surface area contributed by atoms with Gasteiger partial charge in [0.25, 0.3) is 5.24 Å². The molecule has 26 heavy (non-hydrogen) atoms. The minimum atomic E-state index is -0.641. The van der Waals surface area contributed by atoms with Crippen LogP contribution in [0.5, 0.6) is 0 Å². The first-order valence-electron chi connectivity index (χ1n) is 7.96. The number of hydrogen-bond acceptors (Lipinski definition) is 3. The SMILES string of the molecule is CN1C(=O)SC(=O)C1c1cccc2c1ccn2Cc1cc(F)ccc1F. The lowest BCUT2D eigenvalue weighted by molar-refractivity contribution is -0.113. The highest BCUT2D eigenvalue weighted by Crippen LogP contribution is 2.38. The number of likely N-dealkylation sites (N-methyl/N-ethyl adjacent to an activating group) is 1. The summed E-state index contributed by atoms with van der Waals surface area (Å²) in [4.78, 5) is 25.4. The summed E-state index contributed by atoms with van der Waals surface area (Å²) in [6.07, 6.45) is 1.77. The molecular formula is C19H14F2N2O2S. The molecule has 4 nitrogen and oxygen atoms in total. The Hall–Kier alpha value is -2.67. The maximum absolute atomic E-state index is 14.0. The van der Waals surface area contributed by atoms with E-state index in [1.165, 1.54) is 11.0 Å². The minimum Gasteiger partial charge on any atom is -0.343 e. The largest absolute Gasteiger partial charge is 0.343 e. The zero-order chi connectivity index (χ0) is 18.4. The fraction of sp³-hybridized carbons (Fsp3) is 0.158. The summed E-state index contributed by atoms with van der Waals surface area (Å²) in [7, 11) is 1.60. The first kappa shape index (κ1) is 16.8. The van der Waals surface area contributed by atoms with Crippen molar-refractivity contribution in [2.45, 2.75) is 12.6 Å². The molecule has 1 aromatic heterocycles. The summed E-state index contributed by atoms with van der Waals surface area (Å²) in [5, 5.41) is 0.317. The third kappa shape index (κ3) is 2.68. The van der Waals surface area contributed by atoms with Gasteiger partial charge in [-0.3, -0.25) is 9.59 Å². The second kappa shape index (κ2) is 6.25. The molecule has 1 amide bonds. The van der Waals surface area contributed by atoms with Crippen LogP contribution in [0.25, 0.3) is 10.9 Å². The van der Waals surface area contributed by atoms with Gasteiger partial charge in [-0.2, -0.15) is 0 Å². The fourth-order valence-electron chi connectivity index (χ4n) is 3.28. The summed E-state index contributed by atoms with van der Waals surface area (Å²) >= 11 is 0.703. The molecule has 0 aliphatic carbocycles. The molecule has 4 rings (SSSR count). The van der Waals surface area contributed by atoms with Gasteiger partial charge in [0.15, 0.2) is 0 Å². The van der Waals surface area contributed by atoms with Gasteiger partial charge < -0.3 is 9.47 Å². The Bertz CT molecular complexity index is 1050. The van der Waals surface area contributed by atoms with Crippen LogP contribution in [0.3, 0.4) is 0 Å². The van der Waals surface area contributed by atoms with Gasteiger partial charge in [-0.15, -0.1) is 0 Å². The average molecular weight is 372 g/mol. The Morgan fingerprint density at radius 1 is 1.12 bits per heavy atom. The van der Waals surface area contributed by atoms with Crippen LogP contribution in [0.15, 0.2) is 48.7 Å². The van der Waals surface area contributed by atoms with Crippen molar-refractivity contribution in [3.05, 3.63) is 71.4 Å². The van der Waals surface area contributed by atoms with Gasteiger partial charge in [-0.1, -0.05) is 12.1 Å². The Kier molecular flexibility index (Phi) is 4.03. The molecular weight excluding hydrogens is 358 g/mol. The molecule has 132 valence electrons. The van der Waals surface area contributed by atoms with Crippen molar-refractivity contribution in [1.82, 2.24) is 9.47 Å². The van der Waals surface area contributed by atoms with Gasteiger partial charge in [0.05, 0.1) is 6.54 Å². The summed E-state index contributed by atoms with van der Waals surface area (Å²) < 4.78 is 29.2. The minimum absolute atomic E-state index is 0.165. The molecule has 0 radical (unpaired) electrons. The molecule has 0 saturated carbocycles. The molecule has 1 fully saturated rings. The highest BCUT2D eigenvalue weighted by atomic mass is 32.2. The maximum Gasteiger partial charge on any atom is 0.289 e. The quantitative estimate of drug-likeness (QED) is 0.687. The zero-order valence-corrected chi connectivity index (χ0v) is 14.6. The van der Waals surface area contributed by atoms with Crippen molar-refractivity contribution in [2.75, 3.05) is 7.05 Å². The molecule has 0 spiro atoms. The van der Waals surface area contributed by atoms with E-state index in [0.29, 0.717) is 11.8 Å². The van der Waals surface area contributed by atoms with E-state index in [4.69, 9.17) is 0 Å². The van der Waals surface area contributed by atoms with E-state index in [2.05, 4.69) is 0 Å². The lowest BCUT2D eigenvalue weighted by atomic mass is 10.0. The summed E-state index contributed by atoms with van der Waals surface area (Å²) in [5.41, 5.74) is 1.76. The number of aromatic nitrogens is 1. The van der Waals surface area contributed by atoms with Crippen molar-refractivity contribution in [3.8, 4) is 0 Å². The number of nitrogens with zero attached hydrogens (tertiary/aromatic N) is 2. The molecule has 7 heteroatoms. The summed E-state index contributed by atoms with van der Waals surface area (Å²) in [5.74, 6) is -0.968. The van der Waals surface area contributed by atoms with Crippen LogP contribution in [-0.2, 0) is 11.3 Å². The second-order valence-corrected chi connectivity index (χ2v) is 7.12. The normalized spacial score (nSPS) is 17.5. The predicted molar refractivity (Wildman–Crippen MR) is 95.9 cm³/mol. The van der Waals surface area contributed by atoms with Crippen molar-refractivity contribution in [2.24, 2.45) is 0 Å². The average Bonchev–Trinajstić information content (AvgIpc) is 3.12. The van der Waals surface area contributed by atoms with Crippen LogP contribution < -0.4 is 0 Å². The van der Waals surface area contributed by atoms with E-state index in [9.17, 15) is 18.4 Å². The van der Waals surface area contributed by atoms with E-state index in [1.54, 1.807) is 23.9 Å². The molecule has 1 saturated heterocycles. The van der Waals surface area contributed by atoms with Crippen molar-refractivity contribution in [3.63, 3.8) is 0 Å². The maximum atomic E-state index is 14.0. The number of carbonyl (C=O) groups is 2. The first-order valence-corrected chi connectivity index (χ1v) is 8.77. The highest BCUT2D eigenvalue weighted by molar-refractivity contribution is 8.26. The van der Waals surface area contributed by atoms with Gasteiger partial charge in [-0.25, -0.2) is 8.78 Å². The van der Waals surface area contributed by atoms with Crippen LogP contribution in [-0.4, -0.2) is 26.9 Å². The summed E-state index contributed by atoms with van der Waals surface area (Å²) in [6.45, 7) is 0.165. The van der Waals surface area contributed by atoms with Gasteiger partial charge in [0.1, 0.15) is 17.7 Å². The number of hydrogen-bond donors (Lipinski definition) is 0. The predicted octanol–water partition coefficient (Wildman–Crippen LogP) is 4.33. The Morgan fingerprint density at radius 2 is 1.92 bits per heavy atom. The van der Waals surface area contributed by atoms with Crippen LogP contribution in [0.2, 0.25) is 0 Å². The Morgan fingerprint density at radius 3 is 2.65 bits per heavy atom. The van der Waals surface area contributed by atoms with E-state index >= 15 is 0 Å². The number of benzene rings is 2. The third-order valence-electron chi connectivity index (χ3n) is 4.58.